The van der Waals surface area contributed by atoms with Crippen LogP contribution in [0, 0.1) is 6.92 Å². The van der Waals surface area contributed by atoms with Gasteiger partial charge in [0.25, 0.3) is 5.91 Å². The third kappa shape index (κ3) is 4.23. The summed E-state index contributed by atoms with van der Waals surface area (Å²) in [5, 5.41) is 6.84. The molecule has 7 nitrogen and oxygen atoms in total. The van der Waals surface area contributed by atoms with Gasteiger partial charge in [-0.15, -0.1) is 0 Å². The van der Waals surface area contributed by atoms with Crippen molar-refractivity contribution in [1.29, 1.82) is 0 Å². The van der Waals surface area contributed by atoms with E-state index in [9.17, 15) is 9.59 Å². The predicted molar refractivity (Wildman–Crippen MR) is 83.8 cm³/mol. The molecule has 8 heteroatoms. The van der Waals surface area contributed by atoms with Crippen molar-refractivity contribution in [2.45, 2.75) is 26.5 Å². The summed E-state index contributed by atoms with van der Waals surface area (Å²) < 4.78 is 9.76. The van der Waals surface area contributed by atoms with Gasteiger partial charge in [0.2, 0.25) is 5.88 Å². The molecule has 2 aromatic rings. The molecule has 1 aromatic heterocycles. The van der Waals surface area contributed by atoms with Crippen molar-refractivity contribution >= 4 is 29.4 Å². The number of esters is 1. The number of carbonyl (C=O) groups is 2. The van der Waals surface area contributed by atoms with Gasteiger partial charge in [-0.1, -0.05) is 28.9 Å². The molecule has 2 rings (SSSR count). The second kappa shape index (κ2) is 7.15. The molecule has 0 aliphatic heterocycles. The molecule has 1 aromatic carbocycles. The maximum atomic E-state index is 12.0. The van der Waals surface area contributed by atoms with Crippen LogP contribution in [0.15, 0.2) is 28.8 Å². The fourth-order valence-electron chi connectivity index (χ4n) is 1.84. The molecule has 0 spiro atoms. The second-order valence-corrected chi connectivity index (χ2v) is 5.34. The summed E-state index contributed by atoms with van der Waals surface area (Å²) in [6.07, 6.45) is -0.983. The number of benzene rings is 1. The predicted octanol–water partition coefficient (Wildman–Crippen LogP) is 2.08. The molecule has 0 saturated heterocycles. The minimum Gasteiger partial charge on any atom is -0.449 e. The molecule has 1 heterocycles. The Hall–Kier alpha value is -2.54. The standard InChI is InChI=1S/C15H16ClN3O4/c1-8-12(13(17)23-19-8)15(21)22-9(2)14(20)18-7-10-3-5-11(16)6-4-10/h3-6,9H,7,17H2,1-2H3,(H,18,20)/t9-/m1/s1. The molecule has 1 amide bonds. The lowest BCUT2D eigenvalue weighted by Crippen LogP contribution is -2.35. The number of rotatable bonds is 5. The first-order chi connectivity index (χ1) is 10.9. The van der Waals surface area contributed by atoms with E-state index in [-0.39, 0.29) is 11.4 Å². The highest BCUT2D eigenvalue weighted by Crippen LogP contribution is 2.17. The van der Waals surface area contributed by atoms with Gasteiger partial charge in [0.05, 0.1) is 5.69 Å². The Kier molecular flexibility index (Phi) is 5.23. The number of anilines is 1. The summed E-state index contributed by atoms with van der Waals surface area (Å²) >= 11 is 5.79. The summed E-state index contributed by atoms with van der Waals surface area (Å²) in [5.41, 5.74) is 6.71. The van der Waals surface area contributed by atoms with E-state index >= 15 is 0 Å². The topological polar surface area (TPSA) is 107 Å². The van der Waals surface area contributed by atoms with Crippen LogP contribution in [0.2, 0.25) is 5.02 Å². The summed E-state index contributed by atoms with van der Waals surface area (Å²) in [6, 6.07) is 7.04. The van der Waals surface area contributed by atoms with Crippen LogP contribution in [-0.2, 0) is 16.1 Å². The van der Waals surface area contributed by atoms with Crippen molar-refractivity contribution in [3.63, 3.8) is 0 Å². The van der Waals surface area contributed by atoms with Crippen LogP contribution >= 0.6 is 11.6 Å². The quantitative estimate of drug-likeness (QED) is 0.809. The summed E-state index contributed by atoms with van der Waals surface area (Å²) in [4.78, 5) is 24.0. The number of amides is 1. The number of nitrogens with two attached hydrogens (primary N) is 1. The molecule has 0 fully saturated rings. The van der Waals surface area contributed by atoms with Crippen LogP contribution in [-0.4, -0.2) is 23.1 Å². The van der Waals surface area contributed by atoms with Crippen molar-refractivity contribution in [3.05, 3.63) is 46.1 Å². The number of nitrogens with zero attached hydrogens (tertiary/aromatic N) is 1. The Morgan fingerprint density at radius 3 is 2.61 bits per heavy atom. The van der Waals surface area contributed by atoms with Crippen LogP contribution in [0.3, 0.4) is 0 Å². The zero-order valence-electron chi connectivity index (χ0n) is 12.6. The van der Waals surface area contributed by atoms with E-state index in [1.165, 1.54) is 6.92 Å². The molecule has 23 heavy (non-hydrogen) atoms. The van der Waals surface area contributed by atoms with Gasteiger partial charge >= 0.3 is 5.97 Å². The first kappa shape index (κ1) is 16.8. The van der Waals surface area contributed by atoms with Gasteiger partial charge in [-0.25, -0.2) is 4.79 Å². The SMILES string of the molecule is Cc1noc(N)c1C(=O)O[C@H](C)C(=O)NCc1ccc(Cl)cc1. The minimum absolute atomic E-state index is 0.0300. The number of ether oxygens (including phenoxy) is 1. The van der Waals surface area contributed by atoms with Crippen LogP contribution in [0.1, 0.15) is 28.5 Å². The van der Waals surface area contributed by atoms with Crippen molar-refractivity contribution < 1.29 is 18.8 Å². The zero-order valence-corrected chi connectivity index (χ0v) is 13.4. The van der Waals surface area contributed by atoms with Crippen molar-refractivity contribution in [3.8, 4) is 0 Å². The van der Waals surface area contributed by atoms with Gasteiger partial charge in [-0.3, -0.25) is 4.79 Å². The molecule has 0 aliphatic carbocycles. The smallest absolute Gasteiger partial charge is 0.346 e. The summed E-state index contributed by atoms with van der Waals surface area (Å²) in [5.74, 6) is -1.32. The van der Waals surface area contributed by atoms with E-state index in [1.54, 1.807) is 31.2 Å². The van der Waals surface area contributed by atoms with Crippen molar-refractivity contribution in [2.75, 3.05) is 5.73 Å². The number of carbonyl (C=O) groups excluding carboxylic acids is 2. The highest BCUT2D eigenvalue weighted by atomic mass is 35.5. The Bertz CT molecular complexity index is 693. The van der Waals surface area contributed by atoms with E-state index in [1.807, 2.05) is 0 Å². The fourth-order valence-corrected chi connectivity index (χ4v) is 1.97. The highest BCUT2D eigenvalue weighted by molar-refractivity contribution is 6.30. The van der Waals surface area contributed by atoms with Gasteiger partial charge in [0, 0.05) is 11.6 Å². The maximum Gasteiger partial charge on any atom is 0.346 e. The molecular formula is C15H16ClN3O4. The first-order valence-corrected chi connectivity index (χ1v) is 7.21. The lowest BCUT2D eigenvalue weighted by molar-refractivity contribution is -0.129. The molecule has 0 bridgehead atoms. The molecule has 0 aliphatic rings. The maximum absolute atomic E-state index is 12.0. The van der Waals surface area contributed by atoms with Crippen molar-refractivity contribution in [2.24, 2.45) is 0 Å². The average molecular weight is 338 g/mol. The van der Waals surface area contributed by atoms with E-state index < -0.39 is 18.0 Å². The van der Waals surface area contributed by atoms with Gasteiger partial charge in [-0.05, 0) is 31.5 Å². The van der Waals surface area contributed by atoms with Gasteiger partial charge in [-0.2, -0.15) is 0 Å². The monoisotopic (exact) mass is 337 g/mol. The van der Waals surface area contributed by atoms with E-state index in [4.69, 9.17) is 22.1 Å². The molecule has 122 valence electrons. The van der Waals surface area contributed by atoms with Gasteiger partial charge in [0.15, 0.2) is 6.10 Å². The number of nitrogen functional groups attached to an aromatic ring is 1. The Morgan fingerprint density at radius 2 is 2.04 bits per heavy atom. The van der Waals surface area contributed by atoms with Gasteiger partial charge < -0.3 is 20.3 Å². The van der Waals surface area contributed by atoms with Crippen LogP contribution in [0.25, 0.3) is 0 Å². The first-order valence-electron chi connectivity index (χ1n) is 6.83. The van der Waals surface area contributed by atoms with Crippen LogP contribution in [0.5, 0.6) is 0 Å². The number of hydrogen-bond acceptors (Lipinski definition) is 6. The van der Waals surface area contributed by atoms with E-state index in [0.717, 1.165) is 5.56 Å². The number of halogens is 1. The van der Waals surface area contributed by atoms with Crippen molar-refractivity contribution in [1.82, 2.24) is 10.5 Å². The molecule has 0 radical (unpaired) electrons. The van der Waals surface area contributed by atoms with E-state index in [0.29, 0.717) is 17.3 Å². The lowest BCUT2D eigenvalue weighted by atomic mass is 10.2. The molecular weight excluding hydrogens is 322 g/mol. The third-order valence-corrected chi connectivity index (χ3v) is 3.38. The molecule has 0 unspecified atom stereocenters. The largest absolute Gasteiger partial charge is 0.449 e. The normalized spacial score (nSPS) is 11.8. The summed E-state index contributed by atoms with van der Waals surface area (Å²) in [6.45, 7) is 3.32. The number of hydrogen-bond donors (Lipinski definition) is 2. The van der Waals surface area contributed by atoms with Gasteiger partial charge in [0.1, 0.15) is 5.56 Å². The molecule has 0 saturated carbocycles. The lowest BCUT2D eigenvalue weighted by Gasteiger charge is -2.13. The molecule has 1 atom stereocenters. The van der Waals surface area contributed by atoms with Crippen LogP contribution < -0.4 is 11.1 Å². The fraction of sp³-hybridized carbons (Fsp3) is 0.267. The molecule has 3 N–H and O–H groups in total. The third-order valence-electron chi connectivity index (χ3n) is 3.13. The average Bonchev–Trinajstić information content (AvgIpc) is 2.85. The number of nitrogens with one attached hydrogen (secondary N) is 1. The zero-order chi connectivity index (χ0) is 17.0. The number of aromatic nitrogens is 1. The Balaban J connectivity index is 1.90. The second-order valence-electron chi connectivity index (χ2n) is 4.90. The minimum atomic E-state index is -0.983. The highest BCUT2D eigenvalue weighted by Gasteiger charge is 2.24. The van der Waals surface area contributed by atoms with Crippen LogP contribution in [0.4, 0.5) is 5.88 Å². The Morgan fingerprint density at radius 1 is 1.39 bits per heavy atom. The number of aryl methyl sites for hydroxylation is 1. The summed E-state index contributed by atoms with van der Waals surface area (Å²) in [7, 11) is 0. The Labute approximate surface area is 137 Å². The van der Waals surface area contributed by atoms with E-state index in [2.05, 4.69) is 15.0 Å².